The molecule has 1 fully saturated rings. The fourth-order valence-corrected chi connectivity index (χ4v) is 4.25. The van der Waals surface area contributed by atoms with Crippen molar-refractivity contribution >= 4 is 27.7 Å². The highest BCUT2D eigenvalue weighted by molar-refractivity contribution is 9.10. The SMILES string of the molecule is CNC(Cc1cc(OC)ccc1Br)C1CCCS1. The lowest BCUT2D eigenvalue weighted by Crippen LogP contribution is -2.36. The number of halogens is 1. The first kappa shape index (κ1) is 14.2. The summed E-state index contributed by atoms with van der Waals surface area (Å²) >= 11 is 5.74. The molecule has 1 aromatic rings. The van der Waals surface area contributed by atoms with Crippen LogP contribution >= 0.6 is 27.7 Å². The van der Waals surface area contributed by atoms with Gasteiger partial charge in [0.15, 0.2) is 0 Å². The van der Waals surface area contributed by atoms with E-state index in [2.05, 4.69) is 52.2 Å². The summed E-state index contributed by atoms with van der Waals surface area (Å²) in [6.45, 7) is 0. The quantitative estimate of drug-likeness (QED) is 0.893. The van der Waals surface area contributed by atoms with Crippen LogP contribution in [0.3, 0.4) is 0 Å². The average molecular weight is 330 g/mol. The Morgan fingerprint density at radius 1 is 1.56 bits per heavy atom. The van der Waals surface area contributed by atoms with Gasteiger partial charge in [-0.2, -0.15) is 11.8 Å². The first-order valence-electron chi connectivity index (χ1n) is 6.36. The van der Waals surface area contributed by atoms with E-state index < -0.39 is 0 Å². The van der Waals surface area contributed by atoms with Crippen LogP contribution < -0.4 is 10.1 Å². The lowest BCUT2D eigenvalue weighted by atomic mass is 10.0. The fraction of sp³-hybridized carbons (Fsp3) is 0.571. The number of rotatable bonds is 5. The molecule has 0 aromatic heterocycles. The third-order valence-corrected chi connectivity index (χ3v) is 5.77. The molecule has 2 unspecified atom stereocenters. The average Bonchev–Trinajstić information content (AvgIpc) is 2.91. The molecule has 1 N–H and O–H groups in total. The summed E-state index contributed by atoms with van der Waals surface area (Å²) in [5.41, 5.74) is 1.32. The molecule has 0 radical (unpaired) electrons. The van der Waals surface area contributed by atoms with E-state index in [4.69, 9.17) is 4.74 Å². The number of nitrogens with one attached hydrogen (secondary N) is 1. The number of ether oxygens (including phenoxy) is 1. The fourth-order valence-electron chi connectivity index (χ4n) is 2.41. The molecular weight excluding hydrogens is 310 g/mol. The highest BCUT2D eigenvalue weighted by Crippen LogP contribution is 2.32. The third kappa shape index (κ3) is 3.43. The van der Waals surface area contributed by atoms with E-state index in [1.54, 1.807) is 7.11 Å². The monoisotopic (exact) mass is 329 g/mol. The van der Waals surface area contributed by atoms with E-state index >= 15 is 0 Å². The van der Waals surface area contributed by atoms with Gasteiger partial charge in [-0.25, -0.2) is 0 Å². The second-order valence-electron chi connectivity index (χ2n) is 4.61. The number of hydrogen-bond donors (Lipinski definition) is 1. The molecule has 18 heavy (non-hydrogen) atoms. The van der Waals surface area contributed by atoms with Crippen molar-refractivity contribution in [2.45, 2.75) is 30.6 Å². The largest absolute Gasteiger partial charge is 0.497 e. The lowest BCUT2D eigenvalue weighted by Gasteiger charge is -2.23. The first-order chi connectivity index (χ1) is 8.74. The zero-order chi connectivity index (χ0) is 13.0. The maximum atomic E-state index is 5.30. The summed E-state index contributed by atoms with van der Waals surface area (Å²) in [6, 6.07) is 6.74. The molecule has 0 spiro atoms. The van der Waals surface area contributed by atoms with E-state index in [-0.39, 0.29) is 0 Å². The van der Waals surface area contributed by atoms with Crippen LogP contribution in [0.2, 0.25) is 0 Å². The standard InChI is InChI=1S/C14H20BrNOS/c1-16-13(14-4-3-7-18-14)9-10-8-11(17-2)5-6-12(10)15/h5-6,8,13-14,16H,3-4,7,9H2,1-2H3. The van der Waals surface area contributed by atoms with Gasteiger partial charge in [0.05, 0.1) is 7.11 Å². The molecule has 4 heteroatoms. The Labute approximate surface area is 122 Å². The van der Waals surface area contributed by atoms with E-state index in [9.17, 15) is 0 Å². The van der Waals surface area contributed by atoms with Crippen molar-refractivity contribution in [3.8, 4) is 5.75 Å². The van der Waals surface area contributed by atoms with Gasteiger partial charge < -0.3 is 10.1 Å². The highest BCUT2D eigenvalue weighted by Gasteiger charge is 2.25. The summed E-state index contributed by atoms with van der Waals surface area (Å²) < 4.78 is 6.48. The van der Waals surface area contributed by atoms with Gasteiger partial charge in [0.25, 0.3) is 0 Å². The van der Waals surface area contributed by atoms with Gasteiger partial charge >= 0.3 is 0 Å². The Kier molecular flexibility index (Phi) is 5.39. The van der Waals surface area contributed by atoms with Gasteiger partial charge in [-0.3, -0.25) is 0 Å². The van der Waals surface area contributed by atoms with Crippen LogP contribution in [0.4, 0.5) is 0 Å². The highest BCUT2D eigenvalue weighted by atomic mass is 79.9. The van der Waals surface area contributed by atoms with E-state index in [1.807, 2.05) is 6.07 Å². The van der Waals surface area contributed by atoms with Crippen molar-refractivity contribution in [3.05, 3.63) is 28.2 Å². The summed E-state index contributed by atoms with van der Waals surface area (Å²) in [7, 11) is 3.78. The van der Waals surface area contributed by atoms with Gasteiger partial charge in [-0.15, -0.1) is 0 Å². The molecule has 1 saturated heterocycles. The number of likely N-dealkylation sites (N-methyl/N-ethyl adjacent to an activating group) is 1. The molecule has 2 atom stereocenters. The molecule has 0 bridgehead atoms. The maximum absolute atomic E-state index is 5.30. The zero-order valence-electron chi connectivity index (χ0n) is 10.9. The van der Waals surface area contributed by atoms with Gasteiger partial charge in [-0.05, 0) is 55.8 Å². The van der Waals surface area contributed by atoms with Gasteiger partial charge in [0.2, 0.25) is 0 Å². The number of methoxy groups -OCH3 is 1. The second kappa shape index (κ2) is 6.83. The van der Waals surface area contributed by atoms with Crippen molar-refractivity contribution in [2.75, 3.05) is 19.9 Å². The topological polar surface area (TPSA) is 21.3 Å². The molecule has 0 amide bonds. The van der Waals surface area contributed by atoms with E-state index in [1.165, 1.54) is 28.6 Å². The number of hydrogen-bond acceptors (Lipinski definition) is 3. The maximum Gasteiger partial charge on any atom is 0.119 e. The first-order valence-corrected chi connectivity index (χ1v) is 8.20. The summed E-state index contributed by atoms with van der Waals surface area (Å²) in [5, 5.41) is 4.22. The molecule has 2 rings (SSSR count). The molecule has 0 aliphatic carbocycles. The van der Waals surface area contributed by atoms with Gasteiger partial charge in [0, 0.05) is 15.8 Å². The molecular formula is C14H20BrNOS. The third-order valence-electron chi connectivity index (χ3n) is 3.48. The van der Waals surface area contributed by atoms with Crippen molar-refractivity contribution in [1.29, 1.82) is 0 Å². The molecule has 1 aromatic carbocycles. The minimum Gasteiger partial charge on any atom is -0.497 e. The van der Waals surface area contributed by atoms with Crippen molar-refractivity contribution in [1.82, 2.24) is 5.32 Å². The van der Waals surface area contributed by atoms with Crippen LogP contribution in [0.25, 0.3) is 0 Å². The predicted molar refractivity (Wildman–Crippen MR) is 82.7 cm³/mol. The van der Waals surface area contributed by atoms with Crippen LogP contribution in [0.1, 0.15) is 18.4 Å². The van der Waals surface area contributed by atoms with Crippen molar-refractivity contribution in [2.24, 2.45) is 0 Å². The number of thioether (sulfide) groups is 1. The normalized spacial score (nSPS) is 20.9. The summed E-state index contributed by atoms with van der Waals surface area (Å²) in [6.07, 6.45) is 3.73. The molecule has 1 heterocycles. The van der Waals surface area contributed by atoms with Crippen molar-refractivity contribution < 1.29 is 4.74 Å². The van der Waals surface area contributed by atoms with Gasteiger partial charge in [0.1, 0.15) is 5.75 Å². The minimum absolute atomic E-state index is 0.543. The molecule has 2 nitrogen and oxygen atoms in total. The zero-order valence-corrected chi connectivity index (χ0v) is 13.3. The smallest absolute Gasteiger partial charge is 0.119 e. The molecule has 1 aliphatic heterocycles. The minimum atomic E-state index is 0.543. The Balaban J connectivity index is 2.10. The Hall–Kier alpha value is -0.190. The van der Waals surface area contributed by atoms with Crippen LogP contribution in [0, 0.1) is 0 Å². The van der Waals surface area contributed by atoms with Crippen LogP contribution in [0.15, 0.2) is 22.7 Å². The van der Waals surface area contributed by atoms with Crippen LogP contribution in [0.5, 0.6) is 5.75 Å². The van der Waals surface area contributed by atoms with Crippen LogP contribution in [-0.2, 0) is 6.42 Å². The molecule has 1 aliphatic rings. The van der Waals surface area contributed by atoms with Crippen LogP contribution in [-0.4, -0.2) is 31.2 Å². The number of benzene rings is 1. The lowest BCUT2D eigenvalue weighted by molar-refractivity contribution is 0.413. The van der Waals surface area contributed by atoms with E-state index in [0.717, 1.165) is 17.4 Å². The Morgan fingerprint density at radius 2 is 2.39 bits per heavy atom. The second-order valence-corrected chi connectivity index (χ2v) is 6.81. The Bertz CT molecular complexity index is 393. The van der Waals surface area contributed by atoms with Crippen molar-refractivity contribution in [3.63, 3.8) is 0 Å². The molecule has 100 valence electrons. The Morgan fingerprint density at radius 3 is 3.00 bits per heavy atom. The summed E-state index contributed by atoms with van der Waals surface area (Å²) in [4.78, 5) is 0. The predicted octanol–water partition coefficient (Wildman–Crippen LogP) is 3.48. The van der Waals surface area contributed by atoms with E-state index in [0.29, 0.717) is 6.04 Å². The molecule has 0 saturated carbocycles. The van der Waals surface area contributed by atoms with Gasteiger partial charge in [-0.1, -0.05) is 15.9 Å². The summed E-state index contributed by atoms with van der Waals surface area (Å²) in [5.74, 6) is 2.24.